The predicted molar refractivity (Wildman–Crippen MR) is 118 cm³/mol. The Balaban J connectivity index is 1.25. The minimum Gasteiger partial charge on any atom is -0.379 e. The van der Waals surface area contributed by atoms with E-state index in [2.05, 4.69) is 28.1 Å². The Hall–Kier alpha value is -2.07. The molecule has 0 spiro atoms. The van der Waals surface area contributed by atoms with Gasteiger partial charge in [-0.25, -0.2) is 18.4 Å². The zero-order chi connectivity index (χ0) is 20.6. The van der Waals surface area contributed by atoms with E-state index >= 15 is 0 Å². The number of rotatable bonds is 4. The topological polar surface area (TPSA) is 75.6 Å². The lowest BCUT2D eigenvalue weighted by Gasteiger charge is -2.32. The van der Waals surface area contributed by atoms with E-state index < -0.39 is 10.0 Å². The summed E-state index contributed by atoms with van der Waals surface area (Å²) in [5.74, 6) is 1.30. The molecule has 9 heteroatoms. The number of sulfonamides is 1. The van der Waals surface area contributed by atoms with Crippen molar-refractivity contribution in [3.8, 4) is 0 Å². The summed E-state index contributed by atoms with van der Waals surface area (Å²) >= 11 is 1.79. The first-order chi connectivity index (χ1) is 14.6. The van der Waals surface area contributed by atoms with E-state index in [1.807, 2.05) is 12.1 Å². The molecule has 5 rings (SSSR count). The monoisotopic (exact) mass is 444 g/mol. The van der Waals surface area contributed by atoms with Gasteiger partial charge in [0.25, 0.3) is 0 Å². The molecule has 1 aromatic carbocycles. The quantitative estimate of drug-likeness (QED) is 0.616. The molecular formula is C21H24N4O3S2. The van der Waals surface area contributed by atoms with Gasteiger partial charge in [0.2, 0.25) is 10.0 Å². The maximum Gasteiger partial charge on any atom is 0.244 e. The largest absolute Gasteiger partial charge is 0.379 e. The molecule has 7 nitrogen and oxygen atoms in total. The number of hydrogen-bond acceptors (Lipinski definition) is 7. The molecule has 0 radical (unpaired) electrons. The lowest BCUT2D eigenvalue weighted by molar-refractivity contribution is 0.0730. The summed E-state index contributed by atoms with van der Waals surface area (Å²) in [6, 6.07) is 11.8. The lowest BCUT2D eigenvalue weighted by Crippen LogP contribution is -2.40. The van der Waals surface area contributed by atoms with Gasteiger partial charge in [-0.3, -0.25) is 0 Å². The van der Waals surface area contributed by atoms with Crippen molar-refractivity contribution in [2.75, 3.05) is 44.3 Å². The van der Waals surface area contributed by atoms with Gasteiger partial charge < -0.3 is 9.64 Å². The van der Waals surface area contributed by atoms with Crippen LogP contribution in [0.3, 0.4) is 0 Å². The molecule has 0 aliphatic carbocycles. The first-order valence-electron chi connectivity index (χ1n) is 10.3. The van der Waals surface area contributed by atoms with Crippen LogP contribution in [0.25, 0.3) is 10.2 Å². The predicted octanol–water partition coefficient (Wildman–Crippen LogP) is 3.10. The molecule has 2 saturated heterocycles. The zero-order valence-corrected chi connectivity index (χ0v) is 18.2. The van der Waals surface area contributed by atoms with Crippen LogP contribution in [0, 0.1) is 0 Å². The van der Waals surface area contributed by atoms with Crippen molar-refractivity contribution in [3.05, 3.63) is 47.6 Å². The summed E-state index contributed by atoms with van der Waals surface area (Å²) in [5.41, 5.74) is 1.08. The second-order valence-corrected chi connectivity index (χ2v) is 10.6. The SMILES string of the molecule is O=S(=O)(c1ccc(N2CCC(c3nc4ccccc4s3)CC2)nc1)N1CCOCC1. The van der Waals surface area contributed by atoms with Gasteiger partial charge in [0.15, 0.2) is 0 Å². The average Bonchev–Trinajstić information content (AvgIpc) is 3.24. The van der Waals surface area contributed by atoms with Crippen LogP contribution in [0.2, 0.25) is 0 Å². The fraction of sp³-hybridized carbons (Fsp3) is 0.429. The number of pyridine rings is 1. The Morgan fingerprint density at radius 3 is 2.47 bits per heavy atom. The number of anilines is 1. The Labute approximate surface area is 180 Å². The molecule has 2 aliphatic heterocycles. The molecule has 4 heterocycles. The number of para-hydroxylation sites is 1. The van der Waals surface area contributed by atoms with Crippen LogP contribution < -0.4 is 4.90 Å². The summed E-state index contributed by atoms with van der Waals surface area (Å²) < 4.78 is 33.5. The van der Waals surface area contributed by atoms with E-state index in [1.54, 1.807) is 17.4 Å². The molecule has 158 valence electrons. The maximum atomic E-state index is 12.8. The smallest absolute Gasteiger partial charge is 0.244 e. The number of fused-ring (bicyclic) bond motifs is 1. The summed E-state index contributed by atoms with van der Waals surface area (Å²) in [6.07, 6.45) is 3.53. The molecule has 30 heavy (non-hydrogen) atoms. The Kier molecular flexibility index (Phi) is 5.44. The molecule has 0 unspecified atom stereocenters. The fourth-order valence-corrected chi connectivity index (χ4v) is 6.56. The minimum absolute atomic E-state index is 0.248. The highest BCUT2D eigenvalue weighted by molar-refractivity contribution is 7.89. The van der Waals surface area contributed by atoms with Gasteiger partial charge in [-0.1, -0.05) is 12.1 Å². The highest BCUT2D eigenvalue weighted by atomic mass is 32.2. The standard InChI is InChI=1S/C21H24N4O3S2/c26-30(27,25-11-13-28-14-12-25)17-5-6-20(22-15-17)24-9-7-16(8-10-24)21-23-18-3-1-2-4-19(18)29-21/h1-6,15-16H,7-14H2. The summed E-state index contributed by atoms with van der Waals surface area (Å²) in [7, 11) is -3.50. The van der Waals surface area contributed by atoms with Crippen LogP contribution in [0.4, 0.5) is 5.82 Å². The highest BCUT2D eigenvalue weighted by Gasteiger charge is 2.28. The molecule has 2 aliphatic rings. The molecule has 2 aromatic heterocycles. The second kappa shape index (κ2) is 8.22. The van der Waals surface area contributed by atoms with Crippen LogP contribution in [0.1, 0.15) is 23.8 Å². The number of aromatic nitrogens is 2. The third-order valence-electron chi connectivity index (χ3n) is 5.81. The third kappa shape index (κ3) is 3.82. The van der Waals surface area contributed by atoms with E-state index in [-0.39, 0.29) is 4.90 Å². The zero-order valence-electron chi connectivity index (χ0n) is 16.6. The van der Waals surface area contributed by atoms with Crippen LogP contribution in [-0.4, -0.2) is 62.1 Å². The second-order valence-electron chi connectivity index (χ2n) is 7.65. The van der Waals surface area contributed by atoms with E-state index in [1.165, 1.54) is 20.2 Å². The summed E-state index contributed by atoms with van der Waals surface area (Å²) in [4.78, 5) is 11.8. The maximum absolute atomic E-state index is 12.8. The van der Waals surface area contributed by atoms with Gasteiger partial charge in [-0.05, 0) is 37.1 Å². The number of nitrogens with zero attached hydrogens (tertiary/aromatic N) is 4. The minimum atomic E-state index is -3.50. The molecule has 2 fully saturated rings. The lowest BCUT2D eigenvalue weighted by atomic mass is 9.97. The molecule has 0 amide bonds. The molecular weight excluding hydrogens is 420 g/mol. The Morgan fingerprint density at radius 2 is 1.77 bits per heavy atom. The van der Waals surface area contributed by atoms with Crippen molar-refractivity contribution < 1.29 is 13.2 Å². The van der Waals surface area contributed by atoms with E-state index in [4.69, 9.17) is 9.72 Å². The Morgan fingerprint density at radius 1 is 1.00 bits per heavy atom. The number of piperidine rings is 1. The van der Waals surface area contributed by atoms with Gasteiger partial charge in [-0.2, -0.15) is 4.31 Å². The van der Waals surface area contributed by atoms with Gasteiger partial charge in [0.05, 0.1) is 28.4 Å². The first kappa shape index (κ1) is 19.9. The van der Waals surface area contributed by atoms with Crippen molar-refractivity contribution in [2.24, 2.45) is 0 Å². The number of thiazole rings is 1. The highest BCUT2D eigenvalue weighted by Crippen LogP contribution is 2.34. The number of benzene rings is 1. The van der Waals surface area contributed by atoms with Crippen LogP contribution >= 0.6 is 11.3 Å². The van der Waals surface area contributed by atoms with Gasteiger partial charge in [0, 0.05) is 38.3 Å². The van der Waals surface area contributed by atoms with Crippen LogP contribution in [-0.2, 0) is 14.8 Å². The van der Waals surface area contributed by atoms with Crippen molar-refractivity contribution >= 4 is 37.4 Å². The van der Waals surface area contributed by atoms with Gasteiger partial charge in [0.1, 0.15) is 10.7 Å². The normalized spacial score (nSPS) is 19.4. The van der Waals surface area contributed by atoms with E-state index in [0.29, 0.717) is 32.2 Å². The van der Waals surface area contributed by atoms with E-state index in [9.17, 15) is 8.42 Å². The number of ether oxygens (including phenoxy) is 1. The van der Waals surface area contributed by atoms with Gasteiger partial charge in [-0.15, -0.1) is 11.3 Å². The number of morpholine rings is 1. The Bertz CT molecular complexity index is 1080. The molecule has 0 bridgehead atoms. The average molecular weight is 445 g/mol. The van der Waals surface area contributed by atoms with Crippen molar-refractivity contribution in [1.82, 2.24) is 14.3 Å². The first-order valence-corrected chi connectivity index (χ1v) is 12.5. The summed E-state index contributed by atoms with van der Waals surface area (Å²) in [6.45, 7) is 3.45. The van der Waals surface area contributed by atoms with Crippen LogP contribution in [0.15, 0.2) is 47.5 Å². The summed E-state index contributed by atoms with van der Waals surface area (Å²) in [5, 5.41) is 1.22. The number of hydrogen-bond donors (Lipinski definition) is 0. The van der Waals surface area contributed by atoms with E-state index in [0.717, 1.165) is 37.3 Å². The van der Waals surface area contributed by atoms with Crippen molar-refractivity contribution in [2.45, 2.75) is 23.7 Å². The molecule has 0 atom stereocenters. The molecule has 0 N–H and O–H groups in total. The fourth-order valence-electron chi connectivity index (χ4n) is 4.07. The van der Waals surface area contributed by atoms with Crippen molar-refractivity contribution in [1.29, 1.82) is 0 Å². The molecule has 3 aromatic rings. The molecule has 0 saturated carbocycles. The van der Waals surface area contributed by atoms with Gasteiger partial charge >= 0.3 is 0 Å². The van der Waals surface area contributed by atoms with Crippen molar-refractivity contribution in [3.63, 3.8) is 0 Å². The third-order valence-corrected chi connectivity index (χ3v) is 8.89. The van der Waals surface area contributed by atoms with Crippen LogP contribution in [0.5, 0.6) is 0 Å².